The monoisotopic (exact) mass is 238 g/mol. The van der Waals surface area contributed by atoms with E-state index in [1.54, 1.807) is 0 Å². The van der Waals surface area contributed by atoms with Gasteiger partial charge >= 0.3 is 0 Å². The third-order valence-corrected chi connectivity index (χ3v) is 4.15. The van der Waals surface area contributed by atoms with Gasteiger partial charge in [0.05, 0.1) is 0 Å². The third-order valence-electron chi connectivity index (χ3n) is 3.03. The topological polar surface area (TPSA) is 0 Å². The highest BCUT2D eigenvalue weighted by molar-refractivity contribution is 8.07. The number of hydrogen-bond donors (Lipinski definition) is 0. The number of thioether (sulfide) groups is 1. The van der Waals surface area contributed by atoms with Gasteiger partial charge in [-0.25, -0.2) is 0 Å². The molecule has 0 fully saturated rings. The van der Waals surface area contributed by atoms with Gasteiger partial charge in [-0.15, -0.1) is 11.8 Å². The summed E-state index contributed by atoms with van der Waals surface area (Å²) in [5.74, 6) is 1.08. The van der Waals surface area contributed by atoms with Crippen LogP contribution in [0.4, 0.5) is 0 Å². The second-order valence-corrected chi connectivity index (χ2v) is 5.38. The van der Waals surface area contributed by atoms with Crippen LogP contribution in [0.5, 0.6) is 0 Å². The molecule has 0 unspecified atom stereocenters. The van der Waals surface area contributed by atoms with E-state index in [1.807, 2.05) is 11.8 Å². The molecule has 1 aliphatic heterocycles. The fourth-order valence-electron chi connectivity index (χ4n) is 2.11. The van der Waals surface area contributed by atoms with E-state index in [2.05, 4.69) is 61.5 Å². The van der Waals surface area contributed by atoms with Crippen LogP contribution < -0.4 is 0 Å². The van der Waals surface area contributed by atoms with E-state index in [0.717, 1.165) is 5.75 Å². The summed E-state index contributed by atoms with van der Waals surface area (Å²) in [5, 5.41) is 0. The Morgan fingerprint density at radius 2 is 1.88 bits per heavy atom. The average molecular weight is 238 g/mol. The second kappa shape index (κ2) is 4.42. The van der Waals surface area contributed by atoms with Crippen molar-refractivity contribution in [3.63, 3.8) is 0 Å². The van der Waals surface area contributed by atoms with E-state index in [4.69, 9.17) is 0 Å². The summed E-state index contributed by atoms with van der Waals surface area (Å²) in [7, 11) is 0. The van der Waals surface area contributed by atoms with Crippen LogP contribution in [0.3, 0.4) is 0 Å². The second-order valence-electron chi connectivity index (χ2n) is 4.37. The highest BCUT2D eigenvalue weighted by atomic mass is 32.2. The van der Waals surface area contributed by atoms with Gasteiger partial charge in [-0.3, -0.25) is 0 Å². The summed E-state index contributed by atoms with van der Waals surface area (Å²) in [6.07, 6.45) is 2.30. The van der Waals surface area contributed by atoms with Gasteiger partial charge in [0.2, 0.25) is 0 Å². The third kappa shape index (κ3) is 2.16. The van der Waals surface area contributed by atoms with Crippen LogP contribution in [0.25, 0.3) is 11.0 Å². The van der Waals surface area contributed by atoms with Crippen molar-refractivity contribution in [1.29, 1.82) is 0 Å². The molecule has 1 heterocycles. The molecule has 0 saturated heterocycles. The molecular formula is C16H14S. The van der Waals surface area contributed by atoms with Gasteiger partial charge < -0.3 is 0 Å². The Hall–Kier alpha value is -1.47. The summed E-state index contributed by atoms with van der Waals surface area (Å²) < 4.78 is 0. The van der Waals surface area contributed by atoms with Crippen LogP contribution >= 0.6 is 11.8 Å². The van der Waals surface area contributed by atoms with Crippen LogP contribution in [0.15, 0.2) is 48.5 Å². The lowest BCUT2D eigenvalue weighted by Crippen LogP contribution is -1.93. The Morgan fingerprint density at radius 3 is 2.76 bits per heavy atom. The standard InChI is InChI=1S/C16H14S/c1-12-5-4-8-14(9-12)16-10-13-6-2-3-7-15(13)11-17-16/h2-10H,11H2,1H3. The zero-order chi connectivity index (χ0) is 11.7. The number of fused-ring (bicyclic) bond motifs is 1. The van der Waals surface area contributed by atoms with Crippen molar-refractivity contribution in [2.24, 2.45) is 0 Å². The first-order valence-corrected chi connectivity index (χ1v) is 6.81. The SMILES string of the molecule is Cc1cccc(C2=Cc3ccccc3CS2)c1. The van der Waals surface area contributed by atoms with Crippen molar-refractivity contribution >= 4 is 22.7 Å². The molecule has 1 aliphatic rings. The van der Waals surface area contributed by atoms with Crippen LogP contribution in [-0.2, 0) is 5.75 Å². The van der Waals surface area contributed by atoms with Crippen molar-refractivity contribution in [3.05, 3.63) is 70.8 Å². The maximum absolute atomic E-state index is 2.30. The molecule has 0 radical (unpaired) electrons. The summed E-state index contributed by atoms with van der Waals surface area (Å²) in [6.45, 7) is 2.14. The maximum atomic E-state index is 2.30. The van der Waals surface area contributed by atoms with Crippen LogP contribution in [0.2, 0.25) is 0 Å². The summed E-state index contributed by atoms with van der Waals surface area (Å²) in [6, 6.07) is 17.4. The van der Waals surface area contributed by atoms with Gasteiger partial charge in [0.1, 0.15) is 0 Å². The van der Waals surface area contributed by atoms with E-state index in [9.17, 15) is 0 Å². The lowest BCUT2D eigenvalue weighted by molar-refractivity contribution is 1.39. The van der Waals surface area contributed by atoms with Gasteiger partial charge in [-0.1, -0.05) is 54.1 Å². The molecule has 3 rings (SSSR count). The molecule has 0 spiro atoms. The van der Waals surface area contributed by atoms with Crippen molar-refractivity contribution in [2.75, 3.05) is 0 Å². The number of benzene rings is 2. The highest BCUT2D eigenvalue weighted by Crippen LogP contribution is 2.38. The largest absolute Gasteiger partial charge is 0.121 e. The smallest absolute Gasteiger partial charge is 0.0238 e. The molecule has 17 heavy (non-hydrogen) atoms. The van der Waals surface area contributed by atoms with Gasteiger partial charge in [0.25, 0.3) is 0 Å². The van der Waals surface area contributed by atoms with Crippen LogP contribution in [0, 0.1) is 6.92 Å². The molecule has 0 aliphatic carbocycles. The minimum atomic E-state index is 1.08. The number of rotatable bonds is 1. The van der Waals surface area contributed by atoms with E-state index in [-0.39, 0.29) is 0 Å². The van der Waals surface area contributed by atoms with E-state index in [0.29, 0.717) is 0 Å². The van der Waals surface area contributed by atoms with E-state index < -0.39 is 0 Å². The first-order chi connectivity index (χ1) is 8.33. The minimum Gasteiger partial charge on any atom is -0.121 e. The molecular weight excluding hydrogens is 224 g/mol. The van der Waals surface area contributed by atoms with Crippen LogP contribution in [-0.4, -0.2) is 0 Å². The van der Waals surface area contributed by atoms with Crippen molar-refractivity contribution < 1.29 is 0 Å². The molecule has 1 heteroatoms. The van der Waals surface area contributed by atoms with Gasteiger partial charge in [0.15, 0.2) is 0 Å². The molecule has 0 amide bonds. The fourth-order valence-corrected chi connectivity index (χ4v) is 3.19. The zero-order valence-corrected chi connectivity index (χ0v) is 10.6. The van der Waals surface area contributed by atoms with Crippen LogP contribution in [0.1, 0.15) is 22.3 Å². The summed E-state index contributed by atoms with van der Waals surface area (Å²) >= 11 is 1.93. The Labute approximate surface area is 106 Å². The Kier molecular flexibility index (Phi) is 2.77. The molecule has 0 atom stereocenters. The van der Waals surface area contributed by atoms with E-state index in [1.165, 1.54) is 27.2 Å². The Morgan fingerprint density at radius 1 is 1.00 bits per heavy atom. The summed E-state index contributed by atoms with van der Waals surface area (Å²) in [5.41, 5.74) is 5.46. The summed E-state index contributed by atoms with van der Waals surface area (Å²) in [4.78, 5) is 1.38. The van der Waals surface area contributed by atoms with Crippen molar-refractivity contribution in [1.82, 2.24) is 0 Å². The molecule has 2 aromatic rings. The number of hydrogen-bond acceptors (Lipinski definition) is 1. The predicted molar refractivity (Wildman–Crippen MR) is 76.8 cm³/mol. The van der Waals surface area contributed by atoms with E-state index >= 15 is 0 Å². The fraction of sp³-hybridized carbons (Fsp3) is 0.125. The number of aryl methyl sites for hydroxylation is 1. The average Bonchev–Trinajstić information content (AvgIpc) is 2.38. The van der Waals surface area contributed by atoms with Crippen molar-refractivity contribution in [2.45, 2.75) is 12.7 Å². The zero-order valence-electron chi connectivity index (χ0n) is 9.81. The van der Waals surface area contributed by atoms with Gasteiger partial charge in [-0.2, -0.15) is 0 Å². The first-order valence-electron chi connectivity index (χ1n) is 5.82. The molecule has 0 bridgehead atoms. The molecule has 0 aromatic heterocycles. The highest BCUT2D eigenvalue weighted by Gasteiger charge is 2.11. The molecule has 0 nitrogen and oxygen atoms in total. The molecule has 0 saturated carbocycles. The Balaban J connectivity index is 2.04. The minimum absolute atomic E-state index is 1.08. The van der Waals surface area contributed by atoms with Crippen molar-refractivity contribution in [3.8, 4) is 0 Å². The maximum Gasteiger partial charge on any atom is 0.0238 e. The molecule has 0 N–H and O–H groups in total. The Bertz CT molecular complexity index is 582. The lowest BCUT2D eigenvalue weighted by atomic mass is 10.1. The first kappa shape index (κ1) is 10.7. The lowest BCUT2D eigenvalue weighted by Gasteiger charge is -2.16. The quantitative estimate of drug-likeness (QED) is 0.691. The molecule has 84 valence electrons. The normalized spacial score (nSPS) is 14.1. The predicted octanol–water partition coefficient (Wildman–Crippen LogP) is 4.74. The van der Waals surface area contributed by atoms with Gasteiger partial charge in [-0.05, 0) is 29.7 Å². The molecule has 2 aromatic carbocycles. The van der Waals surface area contributed by atoms with Gasteiger partial charge in [0, 0.05) is 10.7 Å².